The van der Waals surface area contributed by atoms with E-state index in [2.05, 4.69) is 5.32 Å². The number of nitrogens with one attached hydrogen (secondary N) is 1. The first kappa shape index (κ1) is 16.0. The first-order valence-corrected chi connectivity index (χ1v) is 7.11. The molecule has 3 N–H and O–H groups in total. The lowest BCUT2D eigenvalue weighted by Gasteiger charge is -2.27. The summed E-state index contributed by atoms with van der Waals surface area (Å²) in [5.41, 5.74) is -0.886. The Hall–Kier alpha value is -1.10. The van der Waals surface area contributed by atoms with Crippen molar-refractivity contribution in [3.05, 3.63) is 0 Å². The van der Waals surface area contributed by atoms with Crippen molar-refractivity contribution >= 4 is 11.9 Å². The molecule has 0 aromatic heterocycles. The van der Waals surface area contributed by atoms with Crippen molar-refractivity contribution in [1.29, 1.82) is 0 Å². The fraction of sp³-hybridized carbons (Fsp3) is 0.857. The molecule has 0 saturated heterocycles. The number of carboxylic acid groups (broad SMARTS) is 1. The van der Waals surface area contributed by atoms with Crippen LogP contribution in [0.15, 0.2) is 0 Å². The molecule has 1 rings (SSSR count). The molecule has 1 aliphatic carbocycles. The number of aliphatic carboxylic acids is 1. The molecule has 5 heteroatoms. The summed E-state index contributed by atoms with van der Waals surface area (Å²) in [7, 11) is 0. The SMILES string of the molecule is CC(CO)CNC(=O)CC1(C(=O)O)CCCCCC1. The minimum absolute atomic E-state index is 0.00105. The zero-order valence-electron chi connectivity index (χ0n) is 11.7. The average molecular weight is 271 g/mol. The Morgan fingerprint density at radius 3 is 2.26 bits per heavy atom. The second-order valence-corrected chi connectivity index (χ2v) is 5.77. The van der Waals surface area contributed by atoms with Crippen LogP contribution in [0.5, 0.6) is 0 Å². The van der Waals surface area contributed by atoms with Gasteiger partial charge < -0.3 is 15.5 Å². The van der Waals surface area contributed by atoms with Gasteiger partial charge in [0.2, 0.25) is 5.91 Å². The number of amides is 1. The number of rotatable bonds is 6. The molecule has 110 valence electrons. The molecule has 0 aromatic carbocycles. The molecule has 0 aromatic rings. The fourth-order valence-electron chi connectivity index (χ4n) is 2.59. The Balaban J connectivity index is 2.57. The predicted molar refractivity (Wildman–Crippen MR) is 71.6 cm³/mol. The van der Waals surface area contributed by atoms with Crippen molar-refractivity contribution in [3.8, 4) is 0 Å². The van der Waals surface area contributed by atoms with Gasteiger partial charge in [-0.1, -0.05) is 32.6 Å². The summed E-state index contributed by atoms with van der Waals surface area (Å²) < 4.78 is 0. The number of aliphatic hydroxyl groups excluding tert-OH is 1. The van der Waals surface area contributed by atoms with Crippen LogP contribution in [0.2, 0.25) is 0 Å². The summed E-state index contributed by atoms with van der Waals surface area (Å²) in [5, 5.41) is 21.1. The van der Waals surface area contributed by atoms with Crippen LogP contribution in [0.25, 0.3) is 0 Å². The average Bonchev–Trinajstić information content (AvgIpc) is 2.62. The first-order chi connectivity index (χ1) is 9.00. The number of carbonyl (C=O) groups is 2. The topological polar surface area (TPSA) is 86.6 Å². The second-order valence-electron chi connectivity index (χ2n) is 5.77. The minimum Gasteiger partial charge on any atom is -0.481 e. The summed E-state index contributed by atoms with van der Waals surface area (Å²) in [5.74, 6) is -1.07. The summed E-state index contributed by atoms with van der Waals surface area (Å²) in [6.07, 6.45) is 5.10. The number of aliphatic hydroxyl groups is 1. The fourth-order valence-corrected chi connectivity index (χ4v) is 2.59. The van der Waals surface area contributed by atoms with Crippen molar-refractivity contribution in [2.24, 2.45) is 11.3 Å². The van der Waals surface area contributed by atoms with Crippen molar-refractivity contribution in [2.45, 2.75) is 51.9 Å². The van der Waals surface area contributed by atoms with Crippen LogP contribution < -0.4 is 5.32 Å². The standard InChI is InChI=1S/C14H25NO4/c1-11(10-16)9-15-12(17)8-14(13(18)19)6-4-2-3-5-7-14/h11,16H,2-10H2,1H3,(H,15,17)(H,18,19). The zero-order chi connectivity index (χ0) is 14.3. The molecule has 19 heavy (non-hydrogen) atoms. The van der Waals surface area contributed by atoms with Crippen LogP contribution >= 0.6 is 0 Å². The van der Waals surface area contributed by atoms with Gasteiger partial charge in [-0.2, -0.15) is 0 Å². The van der Waals surface area contributed by atoms with Crippen LogP contribution in [0.1, 0.15) is 51.9 Å². The van der Waals surface area contributed by atoms with Gasteiger partial charge in [0, 0.05) is 19.6 Å². The molecule has 1 unspecified atom stereocenters. The Morgan fingerprint density at radius 1 is 1.21 bits per heavy atom. The van der Waals surface area contributed by atoms with E-state index >= 15 is 0 Å². The van der Waals surface area contributed by atoms with E-state index in [0.29, 0.717) is 19.4 Å². The van der Waals surface area contributed by atoms with Gasteiger partial charge >= 0.3 is 5.97 Å². The minimum atomic E-state index is -0.886. The molecule has 1 amide bonds. The molecule has 1 aliphatic rings. The van der Waals surface area contributed by atoms with Crippen LogP contribution in [0.4, 0.5) is 0 Å². The highest BCUT2D eigenvalue weighted by Crippen LogP contribution is 2.38. The lowest BCUT2D eigenvalue weighted by molar-refractivity contribution is -0.152. The second kappa shape index (κ2) is 7.48. The highest BCUT2D eigenvalue weighted by Gasteiger charge is 2.40. The van der Waals surface area contributed by atoms with Crippen molar-refractivity contribution < 1.29 is 19.8 Å². The van der Waals surface area contributed by atoms with E-state index in [1.165, 1.54) is 0 Å². The van der Waals surface area contributed by atoms with Crippen LogP contribution in [0, 0.1) is 11.3 Å². The van der Waals surface area contributed by atoms with Crippen LogP contribution in [-0.2, 0) is 9.59 Å². The van der Waals surface area contributed by atoms with Crippen LogP contribution in [-0.4, -0.2) is 35.2 Å². The molecule has 0 spiro atoms. The van der Waals surface area contributed by atoms with E-state index in [9.17, 15) is 14.7 Å². The van der Waals surface area contributed by atoms with Gasteiger partial charge in [-0.15, -0.1) is 0 Å². The third-order valence-corrected chi connectivity index (χ3v) is 3.97. The molecule has 1 atom stereocenters. The number of carboxylic acids is 1. The smallest absolute Gasteiger partial charge is 0.310 e. The molecule has 5 nitrogen and oxygen atoms in total. The summed E-state index contributed by atoms with van der Waals surface area (Å²) in [6, 6.07) is 0. The maximum Gasteiger partial charge on any atom is 0.310 e. The lowest BCUT2D eigenvalue weighted by Crippen LogP contribution is -2.39. The first-order valence-electron chi connectivity index (χ1n) is 7.11. The Morgan fingerprint density at radius 2 is 1.79 bits per heavy atom. The summed E-state index contributed by atoms with van der Waals surface area (Å²) in [4.78, 5) is 23.4. The predicted octanol–water partition coefficient (Wildman–Crippen LogP) is 1.55. The molecular weight excluding hydrogens is 246 g/mol. The van der Waals surface area contributed by atoms with Crippen molar-refractivity contribution in [3.63, 3.8) is 0 Å². The third-order valence-electron chi connectivity index (χ3n) is 3.97. The van der Waals surface area contributed by atoms with E-state index in [1.807, 2.05) is 6.92 Å². The molecule has 0 radical (unpaired) electrons. The maximum atomic E-state index is 11.9. The highest BCUT2D eigenvalue weighted by atomic mass is 16.4. The number of hydrogen-bond donors (Lipinski definition) is 3. The van der Waals surface area contributed by atoms with E-state index in [1.54, 1.807) is 0 Å². The molecule has 0 heterocycles. The maximum absolute atomic E-state index is 11.9. The van der Waals surface area contributed by atoms with E-state index in [-0.39, 0.29) is 24.9 Å². The monoisotopic (exact) mass is 271 g/mol. The molecule has 0 aliphatic heterocycles. The van der Waals surface area contributed by atoms with Gasteiger partial charge in [0.1, 0.15) is 0 Å². The summed E-state index contributed by atoms with van der Waals surface area (Å²) in [6.45, 7) is 2.24. The molecule has 1 saturated carbocycles. The van der Waals surface area contributed by atoms with E-state index in [0.717, 1.165) is 25.7 Å². The van der Waals surface area contributed by atoms with E-state index < -0.39 is 11.4 Å². The quantitative estimate of drug-likeness (QED) is 0.640. The Kier molecular flexibility index (Phi) is 6.28. The van der Waals surface area contributed by atoms with Crippen molar-refractivity contribution in [1.82, 2.24) is 5.32 Å². The van der Waals surface area contributed by atoms with Gasteiger partial charge in [-0.25, -0.2) is 0 Å². The van der Waals surface area contributed by atoms with Gasteiger partial charge in [-0.3, -0.25) is 9.59 Å². The Bertz CT molecular complexity index is 309. The molecular formula is C14H25NO4. The normalized spacial score (nSPS) is 20.3. The largest absolute Gasteiger partial charge is 0.481 e. The van der Waals surface area contributed by atoms with Gasteiger partial charge in [0.15, 0.2) is 0 Å². The van der Waals surface area contributed by atoms with Gasteiger partial charge in [0.25, 0.3) is 0 Å². The van der Waals surface area contributed by atoms with Crippen LogP contribution in [0.3, 0.4) is 0 Å². The summed E-state index contributed by atoms with van der Waals surface area (Å²) >= 11 is 0. The number of carbonyl (C=O) groups excluding carboxylic acids is 1. The van der Waals surface area contributed by atoms with Gasteiger partial charge in [0.05, 0.1) is 5.41 Å². The van der Waals surface area contributed by atoms with E-state index in [4.69, 9.17) is 5.11 Å². The number of hydrogen-bond acceptors (Lipinski definition) is 3. The zero-order valence-corrected chi connectivity index (χ0v) is 11.7. The molecule has 0 bridgehead atoms. The van der Waals surface area contributed by atoms with Crippen molar-refractivity contribution in [2.75, 3.05) is 13.2 Å². The molecule has 1 fully saturated rings. The lowest BCUT2D eigenvalue weighted by atomic mass is 9.77. The van der Waals surface area contributed by atoms with Gasteiger partial charge in [-0.05, 0) is 18.8 Å². The highest BCUT2D eigenvalue weighted by molar-refractivity contribution is 5.85. The third kappa shape index (κ3) is 4.82. The Labute approximate surface area is 114 Å².